The van der Waals surface area contributed by atoms with Crippen molar-refractivity contribution in [2.75, 3.05) is 19.6 Å². The molecule has 2 aromatic carbocycles. The summed E-state index contributed by atoms with van der Waals surface area (Å²) in [4.78, 5) is 0. The van der Waals surface area contributed by atoms with Gasteiger partial charge in [-0.15, -0.1) is 24.8 Å². The van der Waals surface area contributed by atoms with Crippen LogP contribution < -0.4 is 15.4 Å². The Kier molecular flexibility index (Phi) is 13.1. The van der Waals surface area contributed by atoms with E-state index < -0.39 is 0 Å². The predicted octanol–water partition coefficient (Wildman–Crippen LogP) is 3.31. The number of para-hydroxylation sites is 1. The molecule has 0 bridgehead atoms. The van der Waals surface area contributed by atoms with Crippen LogP contribution in [-0.2, 0) is 13.2 Å². The van der Waals surface area contributed by atoms with Gasteiger partial charge in [0.15, 0.2) is 0 Å². The fourth-order valence-corrected chi connectivity index (χ4v) is 2.27. The fourth-order valence-electron chi connectivity index (χ4n) is 2.27. The average molecular weight is 405 g/mol. The predicted molar refractivity (Wildman–Crippen MR) is 108 cm³/mol. The summed E-state index contributed by atoms with van der Waals surface area (Å²) in [5, 5.41) is 15.7. The summed E-state index contributed by atoms with van der Waals surface area (Å²) >= 11 is 0. The van der Waals surface area contributed by atoms with Crippen molar-refractivity contribution in [3.63, 3.8) is 0 Å². The molecule has 0 aliphatic carbocycles. The summed E-state index contributed by atoms with van der Waals surface area (Å²) in [5.74, 6) is 0.502. The first-order valence-corrected chi connectivity index (χ1v) is 8.20. The monoisotopic (exact) mass is 404 g/mol. The molecule has 1 unspecified atom stereocenters. The van der Waals surface area contributed by atoms with Crippen LogP contribution in [0.4, 0.5) is 4.39 Å². The molecule has 26 heavy (non-hydrogen) atoms. The molecular formula is C19H27Cl2FN2O2. The van der Waals surface area contributed by atoms with Gasteiger partial charge in [-0.25, -0.2) is 4.39 Å². The molecule has 4 nitrogen and oxygen atoms in total. The highest BCUT2D eigenvalue weighted by molar-refractivity contribution is 5.85. The Labute approximate surface area is 167 Å². The second-order valence-corrected chi connectivity index (χ2v) is 5.72. The number of halogens is 3. The largest absolute Gasteiger partial charge is 0.488 e. The van der Waals surface area contributed by atoms with Crippen molar-refractivity contribution in [3.05, 3.63) is 65.5 Å². The third-order valence-electron chi connectivity index (χ3n) is 3.55. The van der Waals surface area contributed by atoms with Gasteiger partial charge >= 0.3 is 0 Å². The topological polar surface area (TPSA) is 53.5 Å². The van der Waals surface area contributed by atoms with E-state index in [0.29, 0.717) is 18.7 Å². The number of hydrogen-bond donors (Lipinski definition) is 3. The molecule has 0 heterocycles. The molecule has 0 saturated carbocycles. The first-order valence-electron chi connectivity index (χ1n) is 8.20. The minimum absolute atomic E-state index is 0. The molecule has 3 N–H and O–H groups in total. The van der Waals surface area contributed by atoms with E-state index in [0.717, 1.165) is 24.4 Å². The van der Waals surface area contributed by atoms with Crippen molar-refractivity contribution >= 4 is 24.8 Å². The number of ether oxygens (including phenoxy) is 1. The van der Waals surface area contributed by atoms with E-state index in [1.54, 1.807) is 25.1 Å². The summed E-state index contributed by atoms with van der Waals surface area (Å²) in [5.41, 5.74) is 1.58. The van der Waals surface area contributed by atoms with Crippen LogP contribution in [0.15, 0.2) is 48.5 Å². The molecule has 2 rings (SSSR count). The lowest BCUT2D eigenvalue weighted by Crippen LogP contribution is -2.31. The van der Waals surface area contributed by atoms with Crippen LogP contribution in [0.25, 0.3) is 0 Å². The maximum absolute atomic E-state index is 13.7. The normalized spacial score (nSPS) is 11.2. The summed E-state index contributed by atoms with van der Waals surface area (Å²) in [6.07, 6.45) is -0.336. The zero-order valence-corrected chi connectivity index (χ0v) is 16.4. The summed E-state index contributed by atoms with van der Waals surface area (Å²) in [6.45, 7) is 4.79. The molecule has 0 aliphatic rings. The smallest absolute Gasteiger partial charge is 0.129 e. The zero-order chi connectivity index (χ0) is 17.2. The number of nitrogens with one attached hydrogen (secondary N) is 2. The van der Waals surface area contributed by atoms with Gasteiger partial charge < -0.3 is 20.5 Å². The van der Waals surface area contributed by atoms with E-state index in [-0.39, 0.29) is 43.3 Å². The van der Waals surface area contributed by atoms with E-state index in [9.17, 15) is 4.39 Å². The maximum Gasteiger partial charge on any atom is 0.129 e. The van der Waals surface area contributed by atoms with Crippen LogP contribution in [0.5, 0.6) is 5.75 Å². The van der Waals surface area contributed by atoms with Gasteiger partial charge in [0.05, 0.1) is 6.10 Å². The molecule has 1 atom stereocenters. The van der Waals surface area contributed by atoms with Crippen molar-refractivity contribution in [1.82, 2.24) is 10.6 Å². The highest BCUT2D eigenvalue weighted by Crippen LogP contribution is 2.19. The molecule has 0 aliphatic heterocycles. The van der Waals surface area contributed by atoms with Gasteiger partial charge in [-0.1, -0.05) is 36.4 Å². The Balaban J connectivity index is 0.00000312. The number of aliphatic hydroxyl groups is 1. The quantitative estimate of drug-likeness (QED) is 0.531. The Bertz CT molecular complexity index is 630. The molecule has 0 spiro atoms. The standard InChI is InChI=1S/C19H25FN2O2.2ClH/c1-15(23)12-21-10-11-22-13-16-6-3-5-9-19(16)24-14-17-7-2-4-8-18(17)20;;/h2-9,15,21-23H,10-14H2,1H3;2*1H. The van der Waals surface area contributed by atoms with Gasteiger partial charge in [-0.3, -0.25) is 0 Å². The Morgan fingerprint density at radius 1 is 0.962 bits per heavy atom. The third-order valence-corrected chi connectivity index (χ3v) is 3.55. The molecule has 146 valence electrons. The molecule has 0 aromatic heterocycles. The van der Waals surface area contributed by atoms with Gasteiger partial charge in [0, 0.05) is 37.3 Å². The molecule has 2 aromatic rings. The van der Waals surface area contributed by atoms with Crippen LogP contribution >= 0.6 is 24.8 Å². The number of rotatable bonds is 10. The molecular weight excluding hydrogens is 378 g/mol. The molecule has 0 saturated heterocycles. The van der Waals surface area contributed by atoms with Crippen LogP contribution in [0.1, 0.15) is 18.1 Å². The first kappa shape index (κ1) is 24.6. The summed E-state index contributed by atoms with van der Waals surface area (Å²) in [7, 11) is 0. The van der Waals surface area contributed by atoms with Crippen LogP contribution in [0, 0.1) is 5.82 Å². The number of benzene rings is 2. The Morgan fingerprint density at radius 3 is 2.27 bits per heavy atom. The molecule has 0 amide bonds. The average Bonchev–Trinajstić information content (AvgIpc) is 2.58. The lowest BCUT2D eigenvalue weighted by Gasteiger charge is -2.13. The van der Waals surface area contributed by atoms with E-state index in [1.807, 2.05) is 24.3 Å². The van der Waals surface area contributed by atoms with Gasteiger partial charge in [0.2, 0.25) is 0 Å². The minimum Gasteiger partial charge on any atom is -0.488 e. The van der Waals surface area contributed by atoms with Crippen molar-refractivity contribution in [3.8, 4) is 5.75 Å². The van der Waals surface area contributed by atoms with Crippen molar-refractivity contribution < 1.29 is 14.2 Å². The SMILES string of the molecule is CC(O)CNCCNCc1ccccc1OCc1ccccc1F.Cl.Cl. The highest BCUT2D eigenvalue weighted by Gasteiger charge is 2.05. The van der Waals surface area contributed by atoms with Crippen molar-refractivity contribution in [1.29, 1.82) is 0 Å². The van der Waals surface area contributed by atoms with Gasteiger partial charge in [0.25, 0.3) is 0 Å². The van der Waals surface area contributed by atoms with Gasteiger partial charge in [-0.2, -0.15) is 0 Å². The van der Waals surface area contributed by atoms with Crippen LogP contribution in [-0.4, -0.2) is 30.8 Å². The Hall–Kier alpha value is -1.37. The number of aliphatic hydroxyl groups excluding tert-OH is 1. The first-order chi connectivity index (χ1) is 11.7. The van der Waals surface area contributed by atoms with Gasteiger partial charge in [-0.05, 0) is 19.1 Å². The molecule has 0 fully saturated rings. The lowest BCUT2D eigenvalue weighted by molar-refractivity contribution is 0.191. The summed E-state index contributed by atoms with van der Waals surface area (Å²) in [6, 6.07) is 14.4. The van der Waals surface area contributed by atoms with Crippen LogP contribution in [0.3, 0.4) is 0 Å². The second kappa shape index (κ2) is 13.8. The molecule has 7 heteroatoms. The second-order valence-electron chi connectivity index (χ2n) is 5.72. The van der Waals surface area contributed by atoms with E-state index in [1.165, 1.54) is 6.07 Å². The van der Waals surface area contributed by atoms with E-state index in [2.05, 4.69) is 10.6 Å². The van der Waals surface area contributed by atoms with Crippen molar-refractivity contribution in [2.45, 2.75) is 26.2 Å². The van der Waals surface area contributed by atoms with Gasteiger partial charge in [0.1, 0.15) is 18.2 Å². The lowest BCUT2D eigenvalue weighted by atomic mass is 10.2. The number of hydrogen-bond acceptors (Lipinski definition) is 4. The third kappa shape index (κ3) is 8.83. The van der Waals surface area contributed by atoms with E-state index >= 15 is 0 Å². The maximum atomic E-state index is 13.7. The van der Waals surface area contributed by atoms with Crippen molar-refractivity contribution in [2.24, 2.45) is 0 Å². The van der Waals surface area contributed by atoms with E-state index in [4.69, 9.17) is 9.84 Å². The Morgan fingerprint density at radius 2 is 1.58 bits per heavy atom. The minimum atomic E-state index is -0.336. The summed E-state index contributed by atoms with van der Waals surface area (Å²) < 4.78 is 19.4. The highest BCUT2D eigenvalue weighted by atomic mass is 35.5. The van der Waals surface area contributed by atoms with Crippen LogP contribution in [0.2, 0.25) is 0 Å². The fraction of sp³-hybridized carbons (Fsp3) is 0.368. The zero-order valence-electron chi connectivity index (χ0n) is 14.8. The molecule has 0 radical (unpaired) electrons.